The van der Waals surface area contributed by atoms with Crippen LogP contribution in [0, 0.1) is 6.92 Å². The lowest BCUT2D eigenvalue weighted by Crippen LogP contribution is -2.59. The summed E-state index contributed by atoms with van der Waals surface area (Å²) >= 11 is 1.64. The summed E-state index contributed by atoms with van der Waals surface area (Å²) in [6.07, 6.45) is 7.43. The number of carbonyl (C=O) groups excluding carboxylic acids is 3. The van der Waals surface area contributed by atoms with Crippen LogP contribution in [-0.4, -0.2) is 88.0 Å². The highest BCUT2D eigenvalue weighted by Crippen LogP contribution is 2.48. The minimum absolute atomic E-state index is 0.0246. The smallest absolute Gasteiger partial charge is 0.293 e. The van der Waals surface area contributed by atoms with Crippen LogP contribution in [0.4, 0.5) is 23.0 Å². The van der Waals surface area contributed by atoms with Gasteiger partial charge >= 0.3 is 0 Å². The Hall–Kier alpha value is -5.18. The van der Waals surface area contributed by atoms with Gasteiger partial charge in [-0.1, -0.05) is 26.5 Å². The van der Waals surface area contributed by atoms with Crippen molar-refractivity contribution in [2.75, 3.05) is 55.4 Å². The number of pyridine rings is 1. The number of thiophene rings is 1. The van der Waals surface area contributed by atoms with Crippen LogP contribution in [0.5, 0.6) is 0 Å². The number of benzene rings is 1. The fourth-order valence-electron chi connectivity index (χ4n) is 8.12. The molecule has 0 saturated carbocycles. The third kappa shape index (κ3) is 6.02. The van der Waals surface area contributed by atoms with Crippen molar-refractivity contribution in [1.29, 1.82) is 0 Å². The van der Waals surface area contributed by atoms with Crippen molar-refractivity contribution < 1.29 is 19.1 Å². The highest BCUT2D eigenvalue weighted by molar-refractivity contribution is 7.14. The molecule has 1 aliphatic carbocycles. The standard InChI is InChI=1S/C40H44N8O5S/c1-7-31(49)43-29-18-23(8-9-28(29)32-37(50)45(5)16-17-47(32)24-20-53-21-24)42-35-39(52)46(6)19-30(44-35)25-11-14-41-36(22(25)2)48-15-12-26-27-10-13-40(3,4)34(27)54-33(26)38(48)51/h7-9,11,14,18-19,24,32H,1,10,12-13,15-17,20-21H2,2-6H3,(H,42,44)(H,43,49). The first kappa shape index (κ1) is 35.8. The fourth-order valence-corrected chi connectivity index (χ4v) is 9.59. The molecule has 0 bridgehead atoms. The van der Waals surface area contributed by atoms with E-state index in [1.54, 1.807) is 65.8 Å². The zero-order valence-electron chi connectivity index (χ0n) is 31.2. The highest BCUT2D eigenvalue weighted by Gasteiger charge is 2.42. The predicted octanol–water partition coefficient (Wildman–Crippen LogP) is 4.72. The summed E-state index contributed by atoms with van der Waals surface area (Å²) in [5.41, 5.74) is 5.86. The maximum Gasteiger partial charge on any atom is 0.293 e. The SMILES string of the molecule is C=CC(=O)Nc1cc(Nc2nc(-c3ccnc(N4CCc5c(sc6c5CCC6(C)C)C4=O)c3C)cn(C)c2=O)ccc1C1C(=O)N(C)CCN1C1COC1. The van der Waals surface area contributed by atoms with Crippen molar-refractivity contribution in [3.63, 3.8) is 0 Å². The number of piperazine rings is 1. The predicted molar refractivity (Wildman–Crippen MR) is 209 cm³/mol. The summed E-state index contributed by atoms with van der Waals surface area (Å²) in [6.45, 7) is 12.9. The summed E-state index contributed by atoms with van der Waals surface area (Å²) in [5, 5.41) is 6.05. The van der Waals surface area contributed by atoms with Crippen LogP contribution < -0.4 is 21.1 Å². The average Bonchev–Trinajstić information content (AvgIpc) is 3.65. The van der Waals surface area contributed by atoms with Gasteiger partial charge in [0.15, 0.2) is 5.82 Å². The van der Waals surface area contributed by atoms with Crippen molar-refractivity contribution in [2.45, 2.75) is 57.5 Å². The van der Waals surface area contributed by atoms with Crippen LogP contribution >= 0.6 is 11.3 Å². The summed E-state index contributed by atoms with van der Waals surface area (Å²) < 4.78 is 6.91. The van der Waals surface area contributed by atoms with E-state index in [0.717, 1.165) is 35.3 Å². The maximum absolute atomic E-state index is 14.0. The lowest BCUT2D eigenvalue weighted by molar-refractivity contribution is -0.151. The largest absolute Gasteiger partial charge is 0.378 e. The minimum atomic E-state index is -0.629. The van der Waals surface area contributed by atoms with Crippen LogP contribution in [0.15, 0.2) is 54.1 Å². The van der Waals surface area contributed by atoms with E-state index in [-0.39, 0.29) is 34.6 Å². The second-order valence-corrected chi connectivity index (χ2v) is 16.2. The molecule has 3 aliphatic heterocycles. The van der Waals surface area contributed by atoms with Crippen LogP contribution in [0.2, 0.25) is 0 Å². The topological polar surface area (TPSA) is 142 Å². The number of aromatic nitrogens is 3. The first-order valence-corrected chi connectivity index (χ1v) is 19.1. The molecule has 280 valence electrons. The Balaban J connectivity index is 1.11. The summed E-state index contributed by atoms with van der Waals surface area (Å²) in [6, 6.07) is 6.58. The number of nitrogens with zero attached hydrogens (tertiary/aromatic N) is 6. The number of nitrogens with one attached hydrogen (secondary N) is 2. The Bertz CT molecular complexity index is 2290. The van der Waals surface area contributed by atoms with Gasteiger partial charge in [-0.25, -0.2) is 9.97 Å². The molecule has 1 aromatic carbocycles. The van der Waals surface area contributed by atoms with Gasteiger partial charge in [-0.2, -0.15) is 0 Å². The first-order valence-electron chi connectivity index (χ1n) is 18.3. The fraction of sp³-hybridized carbons (Fsp3) is 0.400. The molecule has 2 N–H and O–H groups in total. The van der Waals surface area contributed by atoms with Crippen molar-refractivity contribution in [1.82, 2.24) is 24.3 Å². The molecule has 0 radical (unpaired) electrons. The van der Waals surface area contributed by atoms with Crippen LogP contribution in [0.1, 0.15) is 63.1 Å². The van der Waals surface area contributed by atoms with Gasteiger partial charge in [0.1, 0.15) is 11.9 Å². The third-order valence-corrected chi connectivity index (χ3v) is 12.9. The monoisotopic (exact) mass is 748 g/mol. The van der Waals surface area contributed by atoms with E-state index < -0.39 is 11.9 Å². The number of carbonyl (C=O) groups is 3. The zero-order chi connectivity index (χ0) is 38.1. The first-order chi connectivity index (χ1) is 25.9. The normalized spacial score (nSPS) is 19.7. The molecule has 3 aromatic heterocycles. The van der Waals surface area contributed by atoms with Gasteiger partial charge in [-0.3, -0.25) is 29.0 Å². The molecule has 8 rings (SSSR count). The molecule has 14 heteroatoms. The molecule has 2 saturated heterocycles. The number of rotatable bonds is 8. The van der Waals surface area contributed by atoms with Gasteiger partial charge in [0.05, 0.1) is 29.8 Å². The number of fused-ring (bicyclic) bond motifs is 3. The molecule has 1 unspecified atom stereocenters. The molecule has 2 fully saturated rings. The zero-order valence-corrected chi connectivity index (χ0v) is 32.0. The van der Waals surface area contributed by atoms with Crippen molar-refractivity contribution in [3.05, 3.63) is 91.7 Å². The molecular formula is C40H44N8O5S. The summed E-state index contributed by atoms with van der Waals surface area (Å²) in [5.74, 6) is 0.109. The van der Waals surface area contributed by atoms with Crippen molar-refractivity contribution in [3.8, 4) is 11.3 Å². The molecule has 3 amide bonds. The number of likely N-dealkylation sites (N-methyl/N-ethyl adjacent to an activating group) is 1. The molecular weight excluding hydrogens is 705 g/mol. The lowest BCUT2D eigenvalue weighted by Gasteiger charge is -2.46. The van der Waals surface area contributed by atoms with E-state index in [1.807, 2.05) is 13.0 Å². The van der Waals surface area contributed by atoms with Crippen molar-refractivity contribution in [2.24, 2.45) is 7.05 Å². The average molecular weight is 749 g/mol. The van der Waals surface area contributed by atoms with Gasteiger partial charge in [-0.05, 0) is 67.0 Å². The van der Waals surface area contributed by atoms with Gasteiger partial charge in [0.25, 0.3) is 11.5 Å². The molecule has 6 heterocycles. The van der Waals surface area contributed by atoms with Gasteiger partial charge in [0.2, 0.25) is 11.8 Å². The van der Waals surface area contributed by atoms with E-state index in [4.69, 9.17) is 9.72 Å². The number of amides is 3. The molecule has 13 nitrogen and oxygen atoms in total. The van der Waals surface area contributed by atoms with Gasteiger partial charge in [0, 0.05) is 79.1 Å². The van der Waals surface area contributed by atoms with Crippen LogP contribution in [0.3, 0.4) is 0 Å². The highest BCUT2D eigenvalue weighted by atomic mass is 32.1. The molecule has 4 aliphatic rings. The number of ether oxygens (including phenoxy) is 1. The van der Waals surface area contributed by atoms with Crippen LogP contribution in [0.25, 0.3) is 11.3 Å². The Morgan fingerprint density at radius 3 is 2.61 bits per heavy atom. The molecule has 54 heavy (non-hydrogen) atoms. The quantitative estimate of drug-likeness (QED) is 0.245. The second kappa shape index (κ2) is 13.6. The Morgan fingerprint density at radius 2 is 1.87 bits per heavy atom. The lowest BCUT2D eigenvalue weighted by atomic mass is 9.93. The third-order valence-electron chi connectivity index (χ3n) is 11.3. The molecule has 0 spiro atoms. The van der Waals surface area contributed by atoms with E-state index in [9.17, 15) is 19.2 Å². The van der Waals surface area contributed by atoms with Gasteiger partial charge in [-0.15, -0.1) is 11.3 Å². The summed E-state index contributed by atoms with van der Waals surface area (Å²) in [7, 11) is 3.44. The number of hydrogen-bond donors (Lipinski definition) is 2. The van der Waals surface area contributed by atoms with E-state index >= 15 is 0 Å². The Morgan fingerprint density at radius 1 is 1.07 bits per heavy atom. The number of anilines is 4. The minimum Gasteiger partial charge on any atom is -0.378 e. The van der Waals surface area contributed by atoms with Crippen LogP contribution in [-0.2, 0) is 39.6 Å². The Kier molecular flexibility index (Phi) is 9.02. The van der Waals surface area contributed by atoms with Crippen molar-refractivity contribution >= 4 is 52.1 Å². The number of hydrogen-bond acceptors (Lipinski definition) is 10. The maximum atomic E-state index is 14.0. The van der Waals surface area contributed by atoms with E-state index in [2.05, 4.69) is 40.9 Å². The Labute approximate surface area is 317 Å². The second-order valence-electron chi connectivity index (χ2n) is 15.2. The molecule has 4 aromatic rings. The summed E-state index contributed by atoms with van der Waals surface area (Å²) in [4.78, 5) is 71.0. The van der Waals surface area contributed by atoms with E-state index in [1.165, 1.54) is 26.6 Å². The number of aryl methyl sites for hydroxylation is 1. The molecule has 1 atom stereocenters. The van der Waals surface area contributed by atoms with E-state index in [0.29, 0.717) is 61.3 Å². The van der Waals surface area contributed by atoms with Gasteiger partial charge < -0.3 is 24.8 Å².